The van der Waals surface area contributed by atoms with Crippen molar-refractivity contribution in [2.45, 2.75) is 19.1 Å². The van der Waals surface area contributed by atoms with Crippen LogP contribution in [0.4, 0.5) is 0 Å². The Hall–Kier alpha value is -0.120. The SMILES string of the molecule is C[C@H]1OCCN[C@@H]1C(=O)NCCN1CCS(=O)(=O)CC1.Cl.Cl. The molecule has 2 aliphatic heterocycles. The Balaban J connectivity index is 0.00000220. The number of morpholine rings is 1. The lowest BCUT2D eigenvalue weighted by Gasteiger charge is -2.30. The fourth-order valence-electron chi connectivity index (χ4n) is 2.45. The van der Waals surface area contributed by atoms with Crippen LogP contribution in [0.25, 0.3) is 0 Å². The minimum atomic E-state index is -2.84. The van der Waals surface area contributed by atoms with Crippen molar-refractivity contribution in [1.82, 2.24) is 15.5 Å². The highest BCUT2D eigenvalue weighted by Crippen LogP contribution is 2.04. The summed E-state index contributed by atoms with van der Waals surface area (Å²) < 4.78 is 28.0. The molecule has 0 aromatic heterocycles. The lowest BCUT2D eigenvalue weighted by atomic mass is 10.1. The van der Waals surface area contributed by atoms with Gasteiger partial charge in [-0.2, -0.15) is 0 Å². The summed E-state index contributed by atoms with van der Waals surface area (Å²) in [5.74, 6) is 0.383. The third kappa shape index (κ3) is 6.55. The predicted octanol–water partition coefficient (Wildman–Crippen LogP) is -0.946. The van der Waals surface area contributed by atoms with Crippen molar-refractivity contribution in [2.24, 2.45) is 0 Å². The maximum atomic E-state index is 12.0. The van der Waals surface area contributed by atoms with Crippen LogP contribution in [0.5, 0.6) is 0 Å². The highest BCUT2D eigenvalue weighted by molar-refractivity contribution is 7.91. The van der Waals surface area contributed by atoms with E-state index in [4.69, 9.17) is 4.74 Å². The first-order chi connectivity index (χ1) is 9.48. The van der Waals surface area contributed by atoms with Crippen molar-refractivity contribution in [3.05, 3.63) is 0 Å². The first kappa shape index (κ1) is 21.9. The molecule has 0 saturated carbocycles. The van der Waals surface area contributed by atoms with Gasteiger partial charge in [0.2, 0.25) is 5.91 Å². The molecule has 0 aromatic carbocycles. The Morgan fingerprint density at radius 3 is 2.55 bits per heavy atom. The lowest BCUT2D eigenvalue weighted by molar-refractivity contribution is -0.128. The summed E-state index contributed by atoms with van der Waals surface area (Å²) in [7, 11) is -2.84. The fourth-order valence-corrected chi connectivity index (χ4v) is 3.73. The van der Waals surface area contributed by atoms with Crippen molar-refractivity contribution < 1.29 is 17.9 Å². The van der Waals surface area contributed by atoms with Gasteiger partial charge in [0, 0.05) is 32.7 Å². The zero-order chi connectivity index (χ0) is 14.6. The van der Waals surface area contributed by atoms with Gasteiger partial charge in [-0.25, -0.2) is 8.42 Å². The zero-order valence-electron chi connectivity index (χ0n) is 12.6. The maximum Gasteiger partial charge on any atom is 0.239 e. The van der Waals surface area contributed by atoms with Crippen molar-refractivity contribution >= 4 is 40.6 Å². The van der Waals surface area contributed by atoms with E-state index in [0.29, 0.717) is 39.3 Å². The molecule has 2 atom stereocenters. The molecule has 0 spiro atoms. The van der Waals surface area contributed by atoms with Crippen LogP contribution in [0.1, 0.15) is 6.92 Å². The van der Waals surface area contributed by atoms with Gasteiger partial charge in [0.25, 0.3) is 0 Å². The normalized spacial score (nSPS) is 28.0. The minimum absolute atomic E-state index is 0. The highest BCUT2D eigenvalue weighted by atomic mass is 35.5. The van der Waals surface area contributed by atoms with E-state index < -0.39 is 9.84 Å². The van der Waals surface area contributed by atoms with Gasteiger partial charge in [-0.15, -0.1) is 24.8 Å². The number of rotatable bonds is 4. The maximum absolute atomic E-state index is 12.0. The van der Waals surface area contributed by atoms with E-state index >= 15 is 0 Å². The number of carbonyl (C=O) groups excluding carboxylic acids is 1. The van der Waals surface area contributed by atoms with Gasteiger partial charge in [0.05, 0.1) is 24.2 Å². The van der Waals surface area contributed by atoms with Gasteiger partial charge in [0.15, 0.2) is 9.84 Å². The lowest BCUT2D eigenvalue weighted by Crippen LogP contribution is -2.56. The molecule has 0 bridgehead atoms. The summed E-state index contributed by atoms with van der Waals surface area (Å²) >= 11 is 0. The largest absolute Gasteiger partial charge is 0.375 e. The molecule has 0 aliphatic carbocycles. The average molecular weight is 378 g/mol. The molecule has 10 heteroatoms. The van der Waals surface area contributed by atoms with E-state index in [9.17, 15) is 13.2 Å². The van der Waals surface area contributed by atoms with Gasteiger partial charge < -0.3 is 15.4 Å². The van der Waals surface area contributed by atoms with Crippen LogP contribution in [0, 0.1) is 0 Å². The highest BCUT2D eigenvalue weighted by Gasteiger charge is 2.28. The second-order valence-electron chi connectivity index (χ2n) is 5.29. The number of sulfone groups is 1. The number of halogens is 2. The molecule has 22 heavy (non-hydrogen) atoms. The van der Waals surface area contributed by atoms with Gasteiger partial charge in [-0.1, -0.05) is 0 Å². The molecule has 0 aromatic rings. The summed E-state index contributed by atoms with van der Waals surface area (Å²) in [6.45, 7) is 5.53. The quantitative estimate of drug-likeness (QED) is 0.656. The number of hydrogen-bond acceptors (Lipinski definition) is 6. The van der Waals surface area contributed by atoms with Crippen LogP contribution in [-0.2, 0) is 19.4 Å². The van der Waals surface area contributed by atoms with E-state index in [1.54, 1.807) is 0 Å². The molecule has 2 saturated heterocycles. The number of hydrogen-bond donors (Lipinski definition) is 2. The van der Waals surface area contributed by atoms with Crippen LogP contribution in [0.15, 0.2) is 0 Å². The summed E-state index contributed by atoms with van der Waals surface area (Å²) in [5, 5.41) is 6.02. The van der Waals surface area contributed by atoms with Gasteiger partial charge in [-0.3, -0.25) is 9.69 Å². The second kappa shape index (κ2) is 9.89. The number of nitrogens with zero attached hydrogens (tertiary/aromatic N) is 1. The van der Waals surface area contributed by atoms with Gasteiger partial charge in [0.1, 0.15) is 6.04 Å². The predicted molar refractivity (Wildman–Crippen MR) is 89.8 cm³/mol. The van der Waals surface area contributed by atoms with Crippen LogP contribution in [0.3, 0.4) is 0 Å². The molecule has 7 nitrogen and oxygen atoms in total. The van der Waals surface area contributed by atoms with E-state index in [0.717, 1.165) is 0 Å². The van der Waals surface area contributed by atoms with E-state index in [-0.39, 0.29) is 54.4 Å². The standard InChI is InChI=1S/C12H23N3O4S.2ClH/c1-10-11(13-3-7-19-10)12(16)14-2-4-15-5-8-20(17,18)9-6-15;;/h10-11,13H,2-9H2,1H3,(H,14,16);2*1H/t10-,11+;;/m1../s1. The monoisotopic (exact) mass is 377 g/mol. The number of amides is 1. The summed E-state index contributed by atoms with van der Waals surface area (Å²) in [6, 6.07) is -0.300. The number of nitrogens with one attached hydrogen (secondary N) is 2. The van der Waals surface area contributed by atoms with Crippen molar-refractivity contribution in [2.75, 3.05) is 50.8 Å². The smallest absolute Gasteiger partial charge is 0.239 e. The third-order valence-corrected chi connectivity index (χ3v) is 5.37. The zero-order valence-corrected chi connectivity index (χ0v) is 15.1. The Morgan fingerprint density at radius 2 is 1.95 bits per heavy atom. The third-order valence-electron chi connectivity index (χ3n) is 3.76. The Kier molecular flexibility index (Phi) is 9.84. The molecule has 2 rings (SSSR count). The molecule has 0 radical (unpaired) electrons. The molecule has 1 amide bonds. The van der Waals surface area contributed by atoms with E-state index in [1.165, 1.54) is 0 Å². The van der Waals surface area contributed by atoms with Gasteiger partial charge in [-0.05, 0) is 6.92 Å². The summed E-state index contributed by atoms with van der Waals surface area (Å²) in [6.07, 6.45) is -0.121. The molecule has 2 N–H and O–H groups in total. The molecule has 132 valence electrons. The Bertz CT molecular complexity index is 436. The average Bonchev–Trinajstić information content (AvgIpc) is 2.41. The van der Waals surface area contributed by atoms with Crippen molar-refractivity contribution in [1.29, 1.82) is 0 Å². The Morgan fingerprint density at radius 1 is 1.32 bits per heavy atom. The van der Waals surface area contributed by atoms with Crippen LogP contribution in [-0.4, -0.2) is 82.2 Å². The summed E-state index contributed by atoms with van der Waals surface area (Å²) in [5.41, 5.74) is 0. The minimum Gasteiger partial charge on any atom is -0.375 e. The van der Waals surface area contributed by atoms with Gasteiger partial charge >= 0.3 is 0 Å². The molecular weight excluding hydrogens is 353 g/mol. The molecule has 2 aliphatic rings. The first-order valence-electron chi connectivity index (χ1n) is 7.03. The molecule has 2 heterocycles. The second-order valence-corrected chi connectivity index (χ2v) is 7.60. The fraction of sp³-hybridized carbons (Fsp3) is 0.917. The molecular formula is C12H25Cl2N3O4S. The van der Waals surface area contributed by atoms with Crippen LogP contribution >= 0.6 is 24.8 Å². The van der Waals surface area contributed by atoms with Crippen molar-refractivity contribution in [3.63, 3.8) is 0 Å². The first-order valence-corrected chi connectivity index (χ1v) is 8.85. The molecule has 0 unspecified atom stereocenters. The van der Waals surface area contributed by atoms with Crippen molar-refractivity contribution in [3.8, 4) is 0 Å². The van der Waals surface area contributed by atoms with Crippen LogP contribution < -0.4 is 10.6 Å². The number of ether oxygens (including phenoxy) is 1. The van der Waals surface area contributed by atoms with E-state index in [1.807, 2.05) is 6.92 Å². The molecule has 2 fully saturated rings. The van der Waals surface area contributed by atoms with E-state index in [2.05, 4.69) is 15.5 Å². The topological polar surface area (TPSA) is 87.7 Å². The summed E-state index contributed by atoms with van der Waals surface area (Å²) in [4.78, 5) is 14.1. The Labute approximate surface area is 144 Å². The van der Waals surface area contributed by atoms with Crippen LogP contribution in [0.2, 0.25) is 0 Å². The number of carbonyl (C=O) groups is 1.